The Kier molecular flexibility index (Phi) is 6.32. The minimum absolute atomic E-state index is 0.0380. The number of benzene rings is 2. The molecule has 1 N–H and O–H groups in total. The first-order valence-electron chi connectivity index (χ1n) is 12.0. The minimum Gasteiger partial charge on any atom is -0.349 e. The molecule has 182 valence electrons. The Morgan fingerprint density at radius 1 is 1.14 bits per heavy atom. The Morgan fingerprint density at radius 3 is 2.66 bits per heavy atom. The standard InChI is InChI=1S/C27H30FN5OS/c1-16-7-8-20(14-17(16)2)18(3)29-26(34)21-6-5-13-32(15-21)27-30-25-24(35-27)19(4)31-33(25)23-11-9-22(28)10-12-23/h7-12,14,18,21H,5-6,13,15H2,1-4H3,(H,29,34). The first-order chi connectivity index (χ1) is 16.8. The molecule has 35 heavy (non-hydrogen) atoms. The summed E-state index contributed by atoms with van der Waals surface area (Å²) in [5.41, 5.74) is 6.05. The maximum Gasteiger partial charge on any atom is 0.225 e. The number of thiazole rings is 1. The number of nitrogens with one attached hydrogen (secondary N) is 1. The highest BCUT2D eigenvalue weighted by Gasteiger charge is 2.29. The van der Waals surface area contributed by atoms with Crippen LogP contribution in [0.5, 0.6) is 0 Å². The van der Waals surface area contributed by atoms with E-state index in [4.69, 9.17) is 4.98 Å². The monoisotopic (exact) mass is 491 g/mol. The van der Waals surface area contributed by atoms with Gasteiger partial charge >= 0.3 is 0 Å². The minimum atomic E-state index is -0.280. The molecule has 0 saturated carbocycles. The average molecular weight is 492 g/mol. The number of aryl methyl sites for hydroxylation is 3. The van der Waals surface area contributed by atoms with Crippen molar-refractivity contribution in [1.29, 1.82) is 0 Å². The number of rotatable bonds is 5. The van der Waals surface area contributed by atoms with E-state index in [2.05, 4.69) is 47.4 Å². The van der Waals surface area contributed by atoms with E-state index >= 15 is 0 Å². The number of hydrogen-bond acceptors (Lipinski definition) is 5. The van der Waals surface area contributed by atoms with Crippen LogP contribution in [0.1, 0.15) is 48.2 Å². The van der Waals surface area contributed by atoms with Crippen molar-refractivity contribution in [3.05, 3.63) is 70.7 Å². The largest absolute Gasteiger partial charge is 0.349 e. The van der Waals surface area contributed by atoms with E-state index in [9.17, 15) is 9.18 Å². The zero-order valence-electron chi connectivity index (χ0n) is 20.5. The molecule has 2 unspecified atom stereocenters. The number of carbonyl (C=O) groups is 1. The molecule has 5 rings (SSSR count). The molecule has 3 heterocycles. The molecule has 0 spiro atoms. The molecule has 1 fully saturated rings. The van der Waals surface area contributed by atoms with Gasteiger partial charge in [0, 0.05) is 13.1 Å². The van der Waals surface area contributed by atoms with Crippen LogP contribution >= 0.6 is 11.3 Å². The number of carbonyl (C=O) groups excluding carboxylic acids is 1. The van der Waals surface area contributed by atoms with Gasteiger partial charge in [0.05, 0.1) is 28.0 Å². The van der Waals surface area contributed by atoms with Crippen LogP contribution in [0.4, 0.5) is 9.52 Å². The van der Waals surface area contributed by atoms with Crippen molar-refractivity contribution in [1.82, 2.24) is 20.1 Å². The van der Waals surface area contributed by atoms with Gasteiger partial charge in [0.2, 0.25) is 5.91 Å². The summed E-state index contributed by atoms with van der Waals surface area (Å²) in [6, 6.07) is 12.6. The molecule has 0 aliphatic carbocycles. The Bertz CT molecular complexity index is 1380. The van der Waals surface area contributed by atoms with Crippen molar-refractivity contribution in [2.24, 2.45) is 5.92 Å². The Hall–Kier alpha value is -3.26. The zero-order chi connectivity index (χ0) is 24.7. The third kappa shape index (κ3) is 4.67. The van der Waals surface area contributed by atoms with Crippen LogP contribution in [-0.4, -0.2) is 33.8 Å². The van der Waals surface area contributed by atoms with Gasteiger partial charge in [0.1, 0.15) is 5.82 Å². The second-order valence-electron chi connectivity index (χ2n) is 9.48. The number of piperidine rings is 1. The number of anilines is 1. The lowest BCUT2D eigenvalue weighted by molar-refractivity contribution is -0.125. The van der Waals surface area contributed by atoms with E-state index in [-0.39, 0.29) is 23.7 Å². The Morgan fingerprint density at radius 2 is 1.91 bits per heavy atom. The maximum atomic E-state index is 13.4. The van der Waals surface area contributed by atoms with Gasteiger partial charge in [-0.2, -0.15) is 10.1 Å². The Labute approximate surface area is 208 Å². The van der Waals surface area contributed by atoms with E-state index in [0.29, 0.717) is 6.54 Å². The fraction of sp³-hybridized carbons (Fsp3) is 0.370. The number of amides is 1. The smallest absolute Gasteiger partial charge is 0.225 e. The fourth-order valence-corrected chi connectivity index (χ4v) is 5.66. The maximum absolute atomic E-state index is 13.4. The van der Waals surface area contributed by atoms with Gasteiger partial charge in [-0.25, -0.2) is 9.07 Å². The second-order valence-corrected chi connectivity index (χ2v) is 10.5. The Balaban J connectivity index is 1.32. The molecule has 0 radical (unpaired) electrons. The summed E-state index contributed by atoms with van der Waals surface area (Å²) in [7, 11) is 0. The van der Waals surface area contributed by atoms with Crippen LogP contribution in [0.15, 0.2) is 42.5 Å². The van der Waals surface area contributed by atoms with Gasteiger partial charge in [-0.15, -0.1) is 0 Å². The topological polar surface area (TPSA) is 63.1 Å². The van der Waals surface area contributed by atoms with Crippen LogP contribution < -0.4 is 10.2 Å². The van der Waals surface area contributed by atoms with Gasteiger partial charge in [-0.05, 0) is 81.5 Å². The van der Waals surface area contributed by atoms with Crippen LogP contribution in [0.3, 0.4) is 0 Å². The van der Waals surface area contributed by atoms with E-state index in [1.807, 2.05) is 13.8 Å². The van der Waals surface area contributed by atoms with E-state index in [1.165, 1.54) is 23.3 Å². The van der Waals surface area contributed by atoms with Crippen molar-refractivity contribution >= 4 is 32.7 Å². The van der Waals surface area contributed by atoms with E-state index in [0.717, 1.165) is 51.8 Å². The molecule has 1 aliphatic rings. The molecule has 0 bridgehead atoms. The number of halogens is 1. The molecule has 6 nitrogen and oxygen atoms in total. The number of hydrogen-bond donors (Lipinski definition) is 1. The SMILES string of the molecule is Cc1ccc(C(C)NC(=O)C2CCCN(c3nc4c(s3)c(C)nn4-c3ccc(F)cc3)C2)cc1C. The third-order valence-electron chi connectivity index (χ3n) is 6.90. The summed E-state index contributed by atoms with van der Waals surface area (Å²) >= 11 is 1.60. The molecule has 1 aliphatic heterocycles. The molecular weight excluding hydrogens is 461 g/mol. The first kappa shape index (κ1) is 23.5. The summed E-state index contributed by atoms with van der Waals surface area (Å²) in [6.07, 6.45) is 1.81. The highest BCUT2D eigenvalue weighted by molar-refractivity contribution is 7.22. The van der Waals surface area contributed by atoms with Gasteiger partial charge < -0.3 is 10.2 Å². The van der Waals surface area contributed by atoms with E-state index < -0.39 is 0 Å². The predicted octanol–water partition coefficient (Wildman–Crippen LogP) is 5.64. The van der Waals surface area contributed by atoms with Gasteiger partial charge in [-0.1, -0.05) is 29.5 Å². The molecule has 2 atom stereocenters. The molecule has 1 amide bonds. The lowest BCUT2D eigenvalue weighted by Gasteiger charge is -2.32. The summed E-state index contributed by atoms with van der Waals surface area (Å²) < 4.78 is 16.2. The van der Waals surface area contributed by atoms with Crippen molar-refractivity contribution in [2.45, 2.75) is 46.6 Å². The number of fused-ring (bicyclic) bond motifs is 1. The van der Waals surface area contributed by atoms with Crippen LogP contribution in [0.2, 0.25) is 0 Å². The second kappa shape index (κ2) is 9.41. The molecule has 1 saturated heterocycles. The average Bonchev–Trinajstić information content (AvgIpc) is 3.42. The van der Waals surface area contributed by atoms with Crippen molar-refractivity contribution < 1.29 is 9.18 Å². The molecule has 4 aromatic rings. The molecular formula is C27H30FN5OS. The summed E-state index contributed by atoms with van der Waals surface area (Å²) in [5.74, 6) is -0.271. The number of aromatic nitrogens is 3. The molecule has 8 heteroatoms. The highest BCUT2D eigenvalue weighted by Crippen LogP contribution is 2.34. The summed E-state index contributed by atoms with van der Waals surface area (Å²) in [5, 5.41) is 8.73. The van der Waals surface area contributed by atoms with Gasteiger partial charge in [0.25, 0.3) is 0 Å². The van der Waals surface area contributed by atoms with Crippen molar-refractivity contribution in [3.63, 3.8) is 0 Å². The summed E-state index contributed by atoms with van der Waals surface area (Å²) in [6.45, 7) is 9.71. The first-order valence-corrected chi connectivity index (χ1v) is 12.9. The fourth-order valence-electron chi connectivity index (χ4n) is 4.63. The lowest BCUT2D eigenvalue weighted by Crippen LogP contribution is -2.43. The van der Waals surface area contributed by atoms with Crippen molar-refractivity contribution in [3.8, 4) is 5.69 Å². The van der Waals surface area contributed by atoms with Gasteiger partial charge in [-0.3, -0.25) is 4.79 Å². The molecule has 2 aromatic heterocycles. The third-order valence-corrected chi connectivity index (χ3v) is 8.12. The van der Waals surface area contributed by atoms with Crippen LogP contribution in [0.25, 0.3) is 16.0 Å². The highest BCUT2D eigenvalue weighted by atomic mass is 32.1. The van der Waals surface area contributed by atoms with Crippen LogP contribution in [0, 0.1) is 32.5 Å². The normalized spacial score (nSPS) is 17.1. The zero-order valence-corrected chi connectivity index (χ0v) is 21.3. The number of nitrogens with zero attached hydrogens (tertiary/aromatic N) is 4. The quantitative estimate of drug-likeness (QED) is 0.392. The van der Waals surface area contributed by atoms with Crippen molar-refractivity contribution in [2.75, 3.05) is 18.0 Å². The summed E-state index contributed by atoms with van der Waals surface area (Å²) in [4.78, 5) is 20.3. The predicted molar refractivity (Wildman–Crippen MR) is 139 cm³/mol. The van der Waals surface area contributed by atoms with Crippen LogP contribution in [-0.2, 0) is 4.79 Å². The lowest BCUT2D eigenvalue weighted by atomic mass is 9.96. The molecule has 2 aromatic carbocycles. The van der Waals surface area contributed by atoms with Gasteiger partial charge in [0.15, 0.2) is 10.8 Å². The van der Waals surface area contributed by atoms with E-state index in [1.54, 1.807) is 28.2 Å².